The van der Waals surface area contributed by atoms with Gasteiger partial charge >= 0.3 is 6.03 Å². The van der Waals surface area contributed by atoms with E-state index in [1.165, 1.54) is 6.08 Å². The predicted octanol–water partition coefficient (Wildman–Crippen LogP) is 5.71. The molecule has 31 heavy (non-hydrogen) atoms. The summed E-state index contributed by atoms with van der Waals surface area (Å²) in [6, 6.07) is 14.8. The number of carbonyl (C=O) groups is 2. The number of aryl methyl sites for hydroxylation is 1. The minimum Gasteiger partial charge on any atom is -0.383 e. The fourth-order valence-corrected chi connectivity index (χ4v) is 4.39. The number of thiophene rings is 1. The molecule has 4 rings (SSSR count). The molecule has 0 bridgehead atoms. The first kappa shape index (κ1) is 20.3. The van der Waals surface area contributed by atoms with Crippen LogP contribution in [0.15, 0.2) is 66.2 Å². The van der Waals surface area contributed by atoms with Crippen molar-refractivity contribution in [1.29, 1.82) is 0 Å². The van der Waals surface area contributed by atoms with Crippen LogP contribution in [0.1, 0.15) is 11.1 Å². The Kier molecular flexibility index (Phi) is 5.77. The van der Waals surface area contributed by atoms with E-state index < -0.39 is 0 Å². The van der Waals surface area contributed by atoms with Gasteiger partial charge in [-0.25, -0.2) is 9.78 Å². The maximum absolute atomic E-state index is 12.3. The first-order valence-corrected chi connectivity index (χ1v) is 10.5. The standard InChI is InChI=1S/C24H20N4O2S/c1-15-4-2-6-19(12-15)28-24(30)27-18-9-7-16(8-10-18)20-14-31-22-17(5-3-11-29)13-26-23(25)21(20)22/h2-14H,1H3,(H2,25,26)(H2,27,28,30). The molecule has 2 aromatic carbocycles. The number of urea groups is 1. The molecule has 6 nitrogen and oxygen atoms in total. The van der Waals surface area contributed by atoms with Gasteiger partial charge in [0, 0.05) is 38.8 Å². The molecule has 0 atom stereocenters. The average Bonchev–Trinajstić information content (AvgIpc) is 3.20. The van der Waals surface area contributed by atoms with Crippen LogP contribution in [-0.4, -0.2) is 17.3 Å². The Morgan fingerprint density at radius 2 is 1.87 bits per heavy atom. The SMILES string of the molecule is Cc1cccc(NC(=O)Nc2ccc(-c3csc4c(C=CC=O)cnc(N)c34)cc2)c1. The number of anilines is 3. The van der Waals surface area contributed by atoms with Gasteiger partial charge in [-0.15, -0.1) is 11.3 Å². The molecule has 154 valence electrons. The van der Waals surface area contributed by atoms with Crippen molar-refractivity contribution < 1.29 is 9.59 Å². The molecule has 2 heterocycles. The molecule has 0 saturated heterocycles. The van der Waals surface area contributed by atoms with E-state index in [0.29, 0.717) is 11.5 Å². The third-order valence-corrected chi connectivity index (χ3v) is 5.77. The Balaban J connectivity index is 1.55. The summed E-state index contributed by atoms with van der Waals surface area (Å²) in [6.07, 6.45) is 5.56. The molecule has 7 heteroatoms. The van der Waals surface area contributed by atoms with E-state index in [4.69, 9.17) is 5.73 Å². The second-order valence-electron chi connectivity index (χ2n) is 6.97. The van der Waals surface area contributed by atoms with E-state index in [0.717, 1.165) is 44.3 Å². The molecule has 0 fully saturated rings. The monoisotopic (exact) mass is 428 g/mol. The zero-order valence-corrected chi connectivity index (χ0v) is 17.6. The topological polar surface area (TPSA) is 97.1 Å². The van der Waals surface area contributed by atoms with Crippen LogP contribution in [0.5, 0.6) is 0 Å². The molecular formula is C24H20N4O2S. The number of aromatic nitrogens is 1. The van der Waals surface area contributed by atoms with Gasteiger partial charge in [-0.1, -0.05) is 24.3 Å². The zero-order chi connectivity index (χ0) is 21.8. The summed E-state index contributed by atoms with van der Waals surface area (Å²) in [6.45, 7) is 1.97. The molecule has 4 aromatic rings. The number of aldehydes is 1. The van der Waals surface area contributed by atoms with E-state index in [2.05, 4.69) is 15.6 Å². The maximum Gasteiger partial charge on any atom is 0.323 e. The van der Waals surface area contributed by atoms with Gasteiger partial charge < -0.3 is 16.4 Å². The lowest BCUT2D eigenvalue weighted by Gasteiger charge is -2.09. The fraction of sp³-hybridized carbons (Fsp3) is 0.0417. The molecule has 0 saturated carbocycles. The van der Waals surface area contributed by atoms with E-state index in [-0.39, 0.29) is 6.03 Å². The van der Waals surface area contributed by atoms with Crippen LogP contribution in [0, 0.1) is 6.92 Å². The molecule has 0 aliphatic heterocycles. The number of nitrogen functional groups attached to an aromatic ring is 1. The highest BCUT2D eigenvalue weighted by Gasteiger charge is 2.13. The summed E-state index contributed by atoms with van der Waals surface area (Å²) in [7, 11) is 0. The molecule has 0 spiro atoms. The summed E-state index contributed by atoms with van der Waals surface area (Å²) in [5, 5.41) is 8.54. The van der Waals surface area contributed by atoms with Gasteiger partial charge in [0.2, 0.25) is 0 Å². The Bertz CT molecular complexity index is 1290. The summed E-state index contributed by atoms with van der Waals surface area (Å²) < 4.78 is 0.973. The molecule has 4 N–H and O–H groups in total. The van der Waals surface area contributed by atoms with Crippen LogP contribution >= 0.6 is 11.3 Å². The van der Waals surface area contributed by atoms with Gasteiger partial charge in [-0.2, -0.15) is 0 Å². The number of amides is 2. The number of nitrogens with two attached hydrogens (primary N) is 1. The normalized spacial score (nSPS) is 11.0. The molecule has 0 unspecified atom stereocenters. The highest BCUT2D eigenvalue weighted by molar-refractivity contribution is 7.18. The minimum absolute atomic E-state index is 0.306. The number of nitrogens with zero attached hydrogens (tertiary/aromatic N) is 1. The van der Waals surface area contributed by atoms with Crippen LogP contribution in [0.2, 0.25) is 0 Å². The number of benzene rings is 2. The molecule has 2 amide bonds. The summed E-state index contributed by atoms with van der Waals surface area (Å²) >= 11 is 1.55. The van der Waals surface area contributed by atoms with Crippen molar-refractivity contribution in [1.82, 2.24) is 4.98 Å². The Hall–Kier alpha value is -3.97. The van der Waals surface area contributed by atoms with Crippen molar-refractivity contribution >= 4 is 57.0 Å². The molecule has 2 aromatic heterocycles. The highest BCUT2D eigenvalue weighted by Crippen LogP contribution is 2.39. The number of rotatable bonds is 5. The van der Waals surface area contributed by atoms with Crippen LogP contribution in [0.4, 0.5) is 22.0 Å². The van der Waals surface area contributed by atoms with Crippen LogP contribution in [0.25, 0.3) is 27.3 Å². The predicted molar refractivity (Wildman–Crippen MR) is 128 cm³/mol. The lowest BCUT2D eigenvalue weighted by molar-refractivity contribution is -0.104. The third-order valence-electron chi connectivity index (χ3n) is 4.74. The fourth-order valence-electron chi connectivity index (χ4n) is 3.31. The first-order valence-electron chi connectivity index (χ1n) is 9.58. The van der Waals surface area contributed by atoms with Crippen LogP contribution in [0.3, 0.4) is 0 Å². The lowest BCUT2D eigenvalue weighted by Crippen LogP contribution is -2.19. The van der Waals surface area contributed by atoms with Gasteiger partial charge in [-0.3, -0.25) is 4.79 Å². The largest absolute Gasteiger partial charge is 0.383 e. The quantitative estimate of drug-likeness (QED) is 0.280. The molecule has 0 radical (unpaired) electrons. The second kappa shape index (κ2) is 8.81. The number of pyridine rings is 1. The Labute approximate surface area is 183 Å². The smallest absolute Gasteiger partial charge is 0.323 e. The lowest BCUT2D eigenvalue weighted by atomic mass is 10.0. The van der Waals surface area contributed by atoms with Crippen molar-refractivity contribution in [2.45, 2.75) is 6.92 Å². The van der Waals surface area contributed by atoms with Gasteiger partial charge in [-0.05, 0) is 59.8 Å². The number of hydrogen-bond acceptors (Lipinski definition) is 5. The summed E-state index contributed by atoms with van der Waals surface area (Å²) in [4.78, 5) is 27.2. The van der Waals surface area contributed by atoms with E-state index in [1.54, 1.807) is 23.6 Å². The second-order valence-corrected chi connectivity index (χ2v) is 7.85. The van der Waals surface area contributed by atoms with Crippen LogP contribution in [-0.2, 0) is 4.79 Å². The van der Waals surface area contributed by atoms with Gasteiger partial charge in [0.05, 0.1) is 0 Å². The maximum atomic E-state index is 12.3. The Morgan fingerprint density at radius 3 is 2.61 bits per heavy atom. The molecule has 0 aliphatic rings. The van der Waals surface area contributed by atoms with Crippen molar-refractivity contribution in [2.75, 3.05) is 16.4 Å². The van der Waals surface area contributed by atoms with Gasteiger partial charge in [0.1, 0.15) is 12.1 Å². The minimum atomic E-state index is -0.306. The van der Waals surface area contributed by atoms with E-state index >= 15 is 0 Å². The number of carbonyl (C=O) groups excluding carboxylic acids is 2. The molecular weight excluding hydrogens is 408 g/mol. The first-order chi connectivity index (χ1) is 15.0. The Morgan fingerprint density at radius 1 is 1.10 bits per heavy atom. The average molecular weight is 429 g/mol. The van der Waals surface area contributed by atoms with Crippen LogP contribution < -0.4 is 16.4 Å². The zero-order valence-electron chi connectivity index (χ0n) is 16.8. The highest BCUT2D eigenvalue weighted by atomic mass is 32.1. The van der Waals surface area contributed by atoms with Gasteiger partial charge in [0.15, 0.2) is 0 Å². The van der Waals surface area contributed by atoms with E-state index in [1.807, 2.05) is 60.8 Å². The van der Waals surface area contributed by atoms with Gasteiger partial charge in [0.25, 0.3) is 0 Å². The van der Waals surface area contributed by atoms with Crippen molar-refractivity contribution in [3.63, 3.8) is 0 Å². The number of allylic oxidation sites excluding steroid dienone is 1. The summed E-state index contributed by atoms with van der Waals surface area (Å²) in [5.41, 5.74) is 11.4. The number of fused-ring (bicyclic) bond motifs is 1. The number of hydrogen-bond donors (Lipinski definition) is 3. The van der Waals surface area contributed by atoms with Crippen molar-refractivity contribution in [3.8, 4) is 11.1 Å². The molecule has 0 aliphatic carbocycles. The third kappa shape index (κ3) is 4.46. The van der Waals surface area contributed by atoms with E-state index in [9.17, 15) is 9.59 Å². The number of nitrogens with one attached hydrogen (secondary N) is 2. The summed E-state index contributed by atoms with van der Waals surface area (Å²) in [5.74, 6) is 0.439. The van der Waals surface area contributed by atoms with Crippen molar-refractivity contribution in [2.24, 2.45) is 0 Å². The van der Waals surface area contributed by atoms with Crippen molar-refractivity contribution in [3.05, 3.63) is 77.3 Å².